The average molecular weight is 340 g/mol. The number of hydrogen-bond donors (Lipinski definition) is 1. The summed E-state index contributed by atoms with van der Waals surface area (Å²) in [7, 11) is -3.65. The summed E-state index contributed by atoms with van der Waals surface area (Å²) >= 11 is 0. The minimum atomic E-state index is -3.65. The Balaban J connectivity index is 2.16. The largest absolute Gasteiger partial charge is 0.382 e. The maximum atomic E-state index is 12.2. The normalized spacial score (nSPS) is 14.9. The van der Waals surface area contributed by atoms with Gasteiger partial charge in [0.05, 0.1) is 18.5 Å². The molecule has 0 atom stereocenters. The molecule has 1 aliphatic rings. The number of amides is 2. The summed E-state index contributed by atoms with van der Waals surface area (Å²) < 4.78 is 27.5. The number of rotatable bonds is 5. The van der Waals surface area contributed by atoms with Crippen molar-refractivity contribution in [3.8, 4) is 5.75 Å². The van der Waals surface area contributed by atoms with Gasteiger partial charge in [-0.3, -0.25) is 9.59 Å². The molecule has 1 N–H and O–H groups in total. The van der Waals surface area contributed by atoms with Crippen molar-refractivity contribution in [2.45, 2.75) is 26.7 Å². The molecule has 0 bridgehead atoms. The Morgan fingerprint density at radius 2 is 2.04 bits per heavy atom. The summed E-state index contributed by atoms with van der Waals surface area (Å²) in [6.07, 6.45) is 2.20. The van der Waals surface area contributed by atoms with Gasteiger partial charge in [-0.05, 0) is 31.9 Å². The molecule has 0 spiro atoms. The van der Waals surface area contributed by atoms with Gasteiger partial charge in [-0.25, -0.2) is 0 Å². The highest BCUT2D eigenvalue weighted by Crippen LogP contribution is 2.30. The fraction of sp³-hybridized carbons (Fsp3) is 0.467. The summed E-state index contributed by atoms with van der Waals surface area (Å²) in [4.78, 5) is 25.2. The smallest absolute Gasteiger partial charge is 0.306 e. The monoisotopic (exact) mass is 340 g/mol. The molecule has 0 aromatic heterocycles. The summed E-state index contributed by atoms with van der Waals surface area (Å²) in [5, 5.41) is 2.74. The van der Waals surface area contributed by atoms with Crippen molar-refractivity contribution in [2.24, 2.45) is 0 Å². The molecule has 23 heavy (non-hydrogen) atoms. The first-order valence-electron chi connectivity index (χ1n) is 7.24. The molecule has 0 aliphatic carbocycles. The van der Waals surface area contributed by atoms with Crippen LogP contribution in [0.2, 0.25) is 0 Å². The topological polar surface area (TPSA) is 92.8 Å². The van der Waals surface area contributed by atoms with E-state index in [2.05, 4.69) is 5.32 Å². The van der Waals surface area contributed by atoms with Crippen LogP contribution in [0.4, 0.5) is 5.69 Å². The SMILES string of the molecule is Cc1ccc(OS(C)(=O)=O)c(C)c1NC(=O)CN1CCCC1=O. The second-order valence-electron chi connectivity index (χ2n) is 5.64. The maximum Gasteiger partial charge on any atom is 0.306 e. The van der Waals surface area contributed by atoms with Gasteiger partial charge in [0.1, 0.15) is 5.75 Å². The number of carbonyl (C=O) groups excluding carboxylic acids is 2. The summed E-state index contributed by atoms with van der Waals surface area (Å²) in [5.74, 6) is -0.170. The fourth-order valence-corrected chi connectivity index (χ4v) is 3.00. The Bertz CT molecular complexity index is 742. The molecule has 2 rings (SSSR count). The van der Waals surface area contributed by atoms with Crippen LogP contribution in [-0.4, -0.2) is 44.5 Å². The number of anilines is 1. The lowest BCUT2D eigenvalue weighted by Crippen LogP contribution is -2.34. The zero-order valence-corrected chi connectivity index (χ0v) is 14.2. The number of benzene rings is 1. The van der Waals surface area contributed by atoms with E-state index in [0.717, 1.165) is 18.2 Å². The highest BCUT2D eigenvalue weighted by molar-refractivity contribution is 7.86. The fourth-order valence-electron chi connectivity index (χ4n) is 2.50. The van der Waals surface area contributed by atoms with Gasteiger partial charge in [0.15, 0.2) is 0 Å². The molecule has 1 aromatic rings. The van der Waals surface area contributed by atoms with Crippen LogP contribution in [0.3, 0.4) is 0 Å². The van der Waals surface area contributed by atoms with E-state index in [1.165, 1.54) is 4.90 Å². The Morgan fingerprint density at radius 3 is 2.61 bits per heavy atom. The number of nitrogens with one attached hydrogen (secondary N) is 1. The first-order valence-corrected chi connectivity index (χ1v) is 9.06. The lowest BCUT2D eigenvalue weighted by Gasteiger charge is -2.18. The van der Waals surface area contributed by atoms with Crippen LogP contribution in [0.1, 0.15) is 24.0 Å². The van der Waals surface area contributed by atoms with Crippen molar-refractivity contribution in [2.75, 3.05) is 24.7 Å². The Labute approximate surface area is 135 Å². The number of hydrogen-bond acceptors (Lipinski definition) is 5. The molecule has 7 nitrogen and oxygen atoms in total. The van der Waals surface area contributed by atoms with E-state index >= 15 is 0 Å². The van der Waals surface area contributed by atoms with Crippen LogP contribution in [0.15, 0.2) is 12.1 Å². The molecule has 1 aliphatic heterocycles. The second-order valence-corrected chi connectivity index (χ2v) is 7.21. The summed E-state index contributed by atoms with van der Waals surface area (Å²) in [6.45, 7) is 4.05. The Morgan fingerprint density at radius 1 is 1.35 bits per heavy atom. The van der Waals surface area contributed by atoms with Crippen molar-refractivity contribution in [3.63, 3.8) is 0 Å². The lowest BCUT2D eigenvalue weighted by molar-refractivity contribution is -0.131. The molecule has 0 radical (unpaired) electrons. The van der Waals surface area contributed by atoms with Gasteiger partial charge in [-0.2, -0.15) is 8.42 Å². The van der Waals surface area contributed by atoms with Crippen molar-refractivity contribution in [3.05, 3.63) is 23.3 Å². The molecule has 1 fully saturated rings. The van der Waals surface area contributed by atoms with E-state index in [4.69, 9.17) is 4.18 Å². The highest BCUT2D eigenvalue weighted by atomic mass is 32.2. The number of carbonyl (C=O) groups is 2. The molecule has 2 amide bonds. The Hall–Kier alpha value is -2.09. The second kappa shape index (κ2) is 6.57. The van der Waals surface area contributed by atoms with Crippen molar-refractivity contribution >= 4 is 27.6 Å². The minimum absolute atomic E-state index is 0.00508. The van der Waals surface area contributed by atoms with Crippen molar-refractivity contribution in [1.82, 2.24) is 4.90 Å². The quantitative estimate of drug-likeness (QED) is 0.813. The molecule has 0 saturated carbocycles. The molecule has 0 unspecified atom stereocenters. The maximum absolute atomic E-state index is 12.2. The standard InChI is InChI=1S/C15H20N2O5S/c1-10-6-7-12(22-23(3,20)21)11(2)15(10)16-13(18)9-17-8-4-5-14(17)19/h6-7H,4-5,8-9H2,1-3H3,(H,16,18). The van der Waals surface area contributed by atoms with Gasteiger partial charge in [0, 0.05) is 18.5 Å². The molecule has 1 saturated heterocycles. The third-order valence-corrected chi connectivity index (χ3v) is 4.12. The first kappa shape index (κ1) is 17.3. The highest BCUT2D eigenvalue weighted by Gasteiger charge is 2.23. The van der Waals surface area contributed by atoms with E-state index in [1.807, 2.05) is 0 Å². The predicted octanol–water partition coefficient (Wildman–Crippen LogP) is 1.20. The van der Waals surface area contributed by atoms with Gasteiger partial charge in [0.2, 0.25) is 11.8 Å². The van der Waals surface area contributed by atoms with Crippen LogP contribution in [0.25, 0.3) is 0 Å². The molecule has 1 heterocycles. The molecular formula is C15H20N2O5S. The minimum Gasteiger partial charge on any atom is -0.382 e. The van der Waals surface area contributed by atoms with Gasteiger partial charge >= 0.3 is 10.1 Å². The van der Waals surface area contributed by atoms with Crippen LogP contribution in [0, 0.1) is 13.8 Å². The number of aryl methyl sites for hydroxylation is 1. The van der Waals surface area contributed by atoms with E-state index in [9.17, 15) is 18.0 Å². The van der Waals surface area contributed by atoms with Crippen molar-refractivity contribution in [1.29, 1.82) is 0 Å². The van der Waals surface area contributed by atoms with Gasteiger partial charge < -0.3 is 14.4 Å². The first-order chi connectivity index (χ1) is 10.7. The third-order valence-electron chi connectivity index (χ3n) is 3.64. The molecule has 1 aromatic carbocycles. The van der Waals surface area contributed by atoms with Crippen molar-refractivity contribution < 1.29 is 22.2 Å². The zero-order valence-electron chi connectivity index (χ0n) is 13.4. The lowest BCUT2D eigenvalue weighted by atomic mass is 10.1. The van der Waals surface area contributed by atoms with Crippen LogP contribution < -0.4 is 9.50 Å². The molecule has 8 heteroatoms. The van der Waals surface area contributed by atoms with E-state index in [-0.39, 0.29) is 24.1 Å². The summed E-state index contributed by atoms with van der Waals surface area (Å²) in [5.41, 5.74) is 1.81. The third kappa shape index (κ3) is 4.44. The van der Waals surface area contributed by atoms with Gasteiger partial charge in [0.25, 0.3) is 0 Å². The van der Waals surface area contributed by atoms with E-state index in [1.54, 1.807) is 26.0 Å². The van der Waals surface area contributed by atoms with E-state index in [0.29, 0.717) is 24.2 Å². The van der Waals surface area contributed by atoms with Crippen LogP contribution in [0.5, 0.6) is 5.75 Å². The van der Waals surface area contributed by atoms with Gasteiger partial charge in [-0.15, -0.1) is 0 Å². The average Bonchev–Trinajstić information content (AvgIpc) is 2.82. The molecular weight excluding hydrogens is 320 g/mol. The molecule has 126 valence electrons. The summed E-state index contributed by atoms with van der Waals surface area (Å²) in [6, 6.07) is 3.22. The van der Waals surface area contributed by atoms with Crippen LogP contribution in [-0.2, 0) is 19.7 Å². The van der Waals surface area contributed by atoms with E-state index < -0.39 is 10.1 Å². The van der Waals surface area contributed by atoms with Crippen LogP contribution >= 0.6 is 0 Å². The number of likely N-dealkylation sites (tertiary alicyclic amines) is 1. The number of nitrogens with zero attached hydrogens (tertiary/aromatic N) is 1. The zero-order chi connectivity index (χ0) is 17.2. The predicted molar refractivity (Wildman–Crippen MR) is 85.8 cm³/mol. The van der Waals surface area contributed by atoms with Gasteiger partial charge in [-0.1, -0.05) is 6.07 Å². The Kier molecular flexibility index (Phi) is 4.93.